The number of ether oxygens (including phenoxy) is 1. The third-order valence-corrected chi connectivity index (χ3v) is 5.21. The van der Waals surface area contributed by atoms with Crippen LogP contribution >= 0.6 is 11.6 Å². The highest BCUT2D eigenvalue weighted by molar-refractivity contribution is 6.33. The topological polar surface area (TPSA) is 98.5 Å². The number of aromatic nitrogens is 6. The van der Waals surface area contributed by atoms with Gasteiger partial charge in [0, 0.05) is 22.7 Å². The molecule has 1 aromatic carbocycles. The van der Waals surface area contributed by atoms with E-state index in [0.717, 1.165) is 11.1 Å². The molecule has 146 valence electrons. The number of aromatic amines is 3. The van der Waals surface area contributed by atoms with E-state index in [9.17, 15) is 4.39 Å². The standard InChI is InChI=1S/C18H19ClFN7O/c1-8(27(2)3)17-24-18(26-25-17)16-12(9-6-21-22-7-9)10-5-11(28-4)13(19)14(20)15(10)23-16/h5-8,23H,1-4H3,(H,21,22)(H,24,25,26)/t8-/m0/s1. The van der Waals surface area contributed by atoms with Gasteiger partial charge in [0.2, 0.25) is 0 Å². The summed E-state index contributed by atoms with van der Waals surface area (Å²) in [6, 6.07) is 1.73. The van der Waals surface area contributed by atoms with Crippen molar-refractivity contribution in [2.45, 2.75) is 13.0 Å². The van der Waals surface area contributed by atoms with Gasteiger partial charge in [-0.1, -0.05) is 11.6 Å². The van der Waals surface area contributed by atoms with E-state index in [1.165, 1.54) is 7.11 Å². The second-order valence-corrected chi connectivity index (χ2v) is 7.07. The van der Waals surface area contributed by atoms with Crippen LogP contribution in [0.25, 0.3) is 33.5 Å². The van der Waals surface area contributed by atoms with Crippen molar-refractivity contribution in [1.82, 2.24) is 35.3 Å². The predicted octanol–water partition coefficient (Wildman–Crippen LogP) is 3.77. The fourth-order valence-corrected chi connectivity index (χ4v) is 3.30. The lowest BCUT2D eigenvalue weighted by Crippen LogP contribution is -2.17. The zero-order valence-electron chi connectivity index (χ0n) is 15.8. The minimum Gasteiger partial charge on any atom is -0.495 e. The van der Waals surface area contributed by atoms with Gasteiger partial charge in [-0.25, -0.2) is 4.39 Å². The van der Waals surface area contributed by atoms with Crippen molar-refractivity contribution >= 4 is 22.5 Å². The molecule has 3 N–H and O–H groups in total. The fourth-order valence-electron chi connectivity index (χ4n) is 3.08. The first-order valence-electron chi connectivity index (χ1n) is 8.58. The summed E-state index contributed by atoms with van der Waals surface area (Å²) in [5, 5.41) is 15.8. The highest BCUT2D eigenvalue weighted by Gasteiger charge is 2.24. The first kappa shape index (κ1) is 18.5. The molecule has 28 heavy (non-hydrogen) atoms. The lowest BCUT2D eigenvalue weighted by molar-refractivity contribution is 0.309. The van der Waals surface area contributed by atoms with Gasteiger partial charge < -0.3 is 14.7 Å². The van der Waals surface area contributed by atoms with E-state index in [-0.39, 0.29) is 22.3 Å². The van der Waals surface area contributed by atoms with E-state index in [1.807, 2.05) is 25.9 Å². The summed E-state index contributed by atoms with van der Waals surface area (Å²) < 4.78 is 20.1. The zero-order chi connectivity index (χ0) is 20.0. The van der Waals surface area contributed by atoms with Crippen molar-refractivity contribution in [2.24, 2.45) is 0 Å². The third-order valence-electron chi connectivity index (χ3n) is 4.86. The number of hydrogen-bond acceptors (Lipinski definition) is 5. The molecule has 0 aliphatic rings. The average molecular weight is 404 g/mol. The van der Waals surface area contributed by atoms with Crippen molar-refractivity contribution < 1.29 is 9.13 Å². The minimum absolute atomic E-state index is 0.0364. The molecule has 4 rings (SSSR count). The molecule has 0 saturated carbocycles. The maximum Gasteiger partial charge on any atom is 0.178 e. The SMILES string of the molecule is COc1cc2c(-c3cn[nH]c3)c(-c3nnc([C@H](C)N(C)C)[nH]3)[nH]c2c(F)c1Cl. The van der Waals surface area contributed by atoms with Crippen LogP contribution in [0.15, 0.2) is 18.5 Å². The molecule has 4 aromatic rings. The Labute approximate surface area is 165 Å². The first-order valence-corrected chi connectivity index (χ1v) is 8.96. The lowest BCUT2D eigenvalue weighted by atomic mass is 10.0. The predicted molar refractivity (Wildman–Crippen MR) is 105 cm³/mol. The molecule has 0 saturated heterocycles. The van der Waals surface area contributed by atoms with E-state index < -0.39 is 5.82 Å². The summed E-state index contributed by atoms with van der Waals surface area (Å²) in [5.74, 6) is 0.855. The lowest BCUT2D eigenvalue weighted by Gasteiger charge is -2.16. The Hall–Kier alpha value is -2.91. The van der Waals surface area contributed by atoms with E-state index in [4.69, 9.17) is 16.3 Å². The van der Waals surface area contributed by atoms with Crippen LogP contribution < -0.4 is 4.74 Å². The van der Waals surface area contributed by atoms with Gasteiger partial charge in [0.05, 0.1) is 30.6 Å². The number of H-pyrrole nitrogens is 3. The van der Waals surface area contributed by atoms with Crippen LogP contribution in [-0.2, 0) is 0 Å². The van der Waals surface area contributed by atoms with Crippen LogP contribution in [0, 0.1) is 5.82 Å². The van der Waals surface area contributed by atoms with E-state index in [0.29, 0.717) is 22.7 Å². The number of rotatable bonds is 5. The van der Waals surface area contributed by atoms with Crippen LogP contribution in [0.1, 0.15) is 18.8 Å². The van der Waals surface area contributed by atoms with E-state index in [2.05, 4.69) is 30.4 Å². The van der Waals surface area contributed by atoms with Gasteiger partial charge in [-0.2, -0.15) is 5.10 Å². The van der Waals surface area contributed by atoms with Crippen LogP contribution in [0.5, 0.6) is 5.75 Å². The highest BCUT2D eigenvalue weighted by atomic mass is 35.5. The molecular formula is C18H19ClFN7O. The van der Waals surface area contributed by atoms with Gasteiger partial charge >= 0.3 is 0 Å². The van der Waals surface area contributed by atoms with Crippen molar-refractivity contribution in [2.75, 3.05) is 21.2 Å². The van der Waals surface area contributed by atoms with Crippen molar-refractivity contribution in [3.8, 4) is 28.4 Å². The molecule has 10 heteroatoms. The van der Waals surface area contributed by atoms with Crippen molar-refractivity contribution in [3.05, 3.63) is 35.1 Å². The summed E-state index contributed by atoms with van der Waals surface area (Å²) in [5.41, 5.74) is 2.33. The van der Waals surface area contributed by atoms with Crippen LogP contribution in [-0.4, -0.2) is 56.5 Å². The van der Waals surface area contributed by atoms with Gasteiger partial charge in [-0.3, -0.25) is 10.00 Å². The van der Waals surface area contributed by atoms with Gasteiger partial charge in [-0.15, -0.1) is 10.2 Å². The van der Waals surface area contributed by atoms with Crippen LogP contribution in [0.4, 0.5) is 4.39 Å². The Balaban J connectivity index is 1.98. The van der Waals surface area contributed by atoms with E-state index in [1.54, 1.807) is 18.5 Å². The molecule has 3 aromatic heterocycles. The molecule has 0 amide bonds. The molecule has 1 atom stereocenters. The number of benzene rings is 1. The number of halogens is 2. The fraction of sp³-hybridized carbons (Fsp3) is 0.278. The normalized spacial score (nSPS) is 12.8. The van der Waals surface area contributed by atoms with Crippen molar-refractivity contribution in [3.63, 3.8) is 0 Å². The quantitative estimate of drug-likeness (QED) is 0.471. The second kappa shape index (κ2) is 6.92. The van der Waals surface area contributed by atoms with Gasteiger partial charge in [0.25, 0.3) is 0 Å². The van der Waals surface area contributed by atoms with Crippen LogP contribution in [0.2, 0.25) is 5.02 Å². The number of nitrogens with one attached hydrogen (secondary N) is 3. The minimum atomic E-state index is -0.589. The Kier molecular flexibility index (Phi) is 4.56. The zero-order valence-corrected chi connectivity index (χ0v) is 16.5. The Morgan fingerprint density at radius 3 is 2.68 bits per heavy atom. The number of methoxy groups -OCH3 is 1. The molecule has 8 nitrogen and oxygen atoms in total. The molecule has 0 bridgehead atoms. The van der Waals surface area contributed by atoms with Gasteiger partial charge in [-0.05, 0) is 27.1 Å². The second-order valence-electron chi connectivity index (χ2n) is 6.69. The average Bonchev–Trinajstić information content (AvgIpc) is 3.42. The highest BCUT2D eigenvalue weighted by Crippen LogP contribution is 2.42. The summed E-state index contributed by atoms with van der Waals surface area (Å²) in [6.45, 7) is 2.01. The largest absolute Gasteiger partial charge is 0.495 e. The van der Waals surface area contributed by atoms with Crippen LogP contribution in [0.3, 0.4) is 0 Å². The maximum atomic E-state index is 14.9. The molecule has 0 aliphatic carbocycles. The first-order chi connectivity index (χ1) is 13.4. The monoisotopic (exact) mass is 403 g/mol. The van der Waals surface area contributed by atoms with Crippen molar-refractivity contribution in [1.29, 1.82) is 0 Å². The molecule has 0 radical (unpaired) electrons. The van der Waals surface area contributed by atoms with Gasteiger partial charge in [0.15, 0.2) is 11.6 Å². The Morgan fingerprint density at radius 2 is 2.04 bits per heavy atom. The Morgan fingerprint density at radius 1 is 1.25 bits per heavy atom. The van der Waals surface area contributed by atoms with E-state index >= 15 is 0 Å². The molecule has 3 heterocycles. The Bertz CT molecular complexity index is 1130. The third kappa shape index (κ3) is 2.83. The molecule has 0 aliphatic heterocycles. The molecule has 0 fully saturated rings. The summed E-state index contributed by atoms with van der Waals surface area (Å²) in [4.78, 5) is 8.34. The molecular weight excluding hydrogens is 385 g/mol. The summed E-state index contributed by atoms with van der Waals surface area (Å²) in [6.07, 6.45) is 3.38. The number of fused-ring (bicyclic) bond motifs is 1. The maximum absolute atomic E-state index is 14.9. The summed E-state index contributed by atoms with van der Waals surface area (Å²) >= 11 is 6.11. The summed E-state index contributed by atoms with van der Waals surface area (Å²) in [7, 11) is 5.36. The smallest absolute Gasteiger partial charge is 0.178 e. The molecule has 0 spiro atoms. The number of nitrogens with zero attached hydrogens (tertiary/aromatic N) is 4. The van der Waals surface area contributed by atoms with Gasteiger partial charge in [0.1, 0.15) is 16.6 Å². The molecule has 0 unspecified atom stereocenters. The number of hydrogen-bond donors (Lipinski definition) is 3.